The van der Waals surface area contributed by atoms with Gasteiger partial charge in [0, 0.05) is 16.3 Å². The number of carbonyl (C=O) groups excluding carboxylic acids is 2. The Morgan fingerprint density at radius 1 is 1.11 bits per heavy atom. The fraction of sp³-hybridized carbons (Fsp3) is 0.115. The Labute approximate surface area is 212 Å². The lowest BCUT2D eigenvalue weighted by Gasteiger charge is -2.14. The zero-order chi connectivity index (χ0) is 24.9. The number of rotatable bonds is 7. The normalized spacial score (nSPS) is 14.4. The molecule has 7 nitrogen and oxygen atoms in total. The van der Waals surface area contributed by atoms with Gasteiger partial charge < -0.3 is 14.8 Å². The second-order valence-corrected chi connectivity index (χ2v) is 9.11. The summed E-state index contributed by atoms with van der Waals surface area (Å²) in [6.45, 7) is 1.75. The molecule has 1 fully saturated rings. The van der Waals surface area contributed by atoms with E-state index in [1.807, 2.05) is 31.2 Å². The molecule has 0 atom stereocenters. The average molecular weight is 508 g/mol. The summed E-state index contributed by atoms with van der Waals surface area (Å²) in [5, 5.41) is 11.6. The topological polar surface area (TPSA) is 91.7 Å². The van der Waals surface area contributed by atoms with E-state index in [1.165, 1.54) is 4.90 Å². The first-order chi connectivity index (χ1) is 16.8. The molecule has 0 bridgehead atoms. The maximum Gasteiger partial charge on any atom is 0.271 e. The van der Waals surface area contributed by atoms with Crippen LogP contribution >= 0.6 is 23.4 Å². The molecule has 0 saturated carbocycles. The quantitative estimate of drug-likeness (QED) is 0.398. The van der Waals surface area contributed by atoms with Crippen LogP contribution in [0, 0.1) is 12.3 Å². The molecule has 0 unspecified atom stereocenters. The molecule has 9 heteroatoms. The molecule has 3 aromatic rings. The summed E-state index contributed by atoms with van der Waals surface area (Å²) in [6.07, 6.45) is 1.62. The summed E-state index contributed by atoms with van der Waals surface area (Å²) >= 11 is 7.22. The van der Waals surface area contributed by atoms with E-state index in [0.29, 0.717) is 38.4 Å². The van der Waals surface area contributed by atoms with Gasteiger partial charge >= 0.3 is 0 Å². The van der Waals surface area contributed by atoms with Crippen LogP contribution in [0.1, 0.15) is 11.1 Å². The van der Waals surface area contributed by atoms with E-state index in [0.717, 1.165) is 17.3 Å². The number of carbonyl (C=O) groups is 2. The average Bonchev–Trinajstić information content (AvgIpc) is 3.12. The number of nitrogens with one attached hydrogen (secondary N) is 2. The molecule has 0 aromatic heterocycles. The Bertz CT molecular complexity index is 1310. The molecular weight excluding hydrogens is 486 g/mol. The number of ether oxygens (including phenoxy) is 2. The SMILES string of the molecule is COc1ccc(N2C(=N)S/C(=C\c3cc(Cl)ccc3OCC(=O)Nc3ccc(C)cc3)C2=O)cc1. The van der Waals surface area contributed by atoms with E-state index >= 15 is 0 Å². The Morgan fingerprint density at radius 2 is 1.83 bits per heavy atom. The molecule has 1 saturated heterocycles. The van der Waals surface area contributed by atoms with Gasteiger partial charge in [-0.3, -0.25) is 19.9 Å². The van der Waals surface area contributed by atoms with Crippen molar-refractivity contribution in [1.29, 1.82) is 5.41 Å². The number of nitrogens with zero attached hydrogens (tertiary/aromatic N) is 1. The van der Waals surface area contributed by atoms with Gasteiger partial charge in [0.2, 0.25) is 0 Å². The summed E-state index contributed by atoms with van der Waals surface area (Å²) in [7, 11) is 1.56. The van der Waals surface area contributed by atoms with E-state index in [1.54, 1.807) is 55.7 Å². The molecule has 4 rings (SSSR count). The lowest BCUT2D eigenvalue weighted by molar-refractivity contribution is -0.118. The fourth-order valence-electron chi connectivity index (χ4n) is 3.33. The number of anilines is 2. The first-order valence-electron chi connectivity index (χ1n) is 10.6. The number of aryl methyl sites for hydroxylation is 1. The lowest BCUT2D eigenvalue weighted by atomic mass is 10.1. The maximum absolute atomic E-state index is 13.1. The second-order valence-electron chi connectivity index (χ2n) is 7.64. The zero-order valence-corrected chi connectivity index (χ0v) is 20.6. The van der Waals surface area contributed by atoms with Crippen LogP contribution in [0.25, 0.3) is 6.08 Å². The van der Waals surface area contributed by atoms with Gasteiger partial charge in [-0.05, 0) is 79.4 Å². The largest absolute Gasteiger partial charge is 0.497 e. The molecule has 0 aliphatic carbocycles. The van der Waals surface area contributed by atoms with Crippen LogP contribution in [0.5, 0.6) is 11.5 Å². The molecule has 178 valence electrons. The minimum Gasteiger partial charge on any atom is -0.497 e. The summed E-state index contributed by atoms with van der Waals surface area (Å²) in [5.74, 6) is 0.389. The predicted molar refractivity (Wildman–Crippen MR) is 141 cm³/mol. The molecule has 2 amide bonds. The Morgan fingerprint density at radius 3 is 2.51 bits per heavy atom. The van der Waals surface area contributed by atoms with Crippen LogP contribution in [0.4, 0.5) is 11.4 Å². The number of hydrogen-bond donors (Lipinski definition) is 2. The van der Waals surface area contributed by atoms with Gasteiger partial charge in [0.05, 0.1) is 17.7 Å². The van der Waals surface area contributed by atoms with Crippen LogP contribution in [0.3, 0.4) is 0 Å². The van der Waals surface area contributed by atoms with Gasteiger partial charge in [0.15, 0.2) is 11.8 Å². The summed E-state index contributed by atoms with van der Waals surface area (Å²) < 4.78 is 10.9. The smallest absolute Gasteiger partial charge is 0.271 e. The highest BCUT2D eigenvalue weighted by molar-refractivity contribution is 8.19. The van der Waals surface area contributed by atoms with Crippen molar-refractivity contribution >= 4 is 57.8 Å². The fourth-order valence-corrected chi connectivity index (χ4v) is 4.37. The van der Waals surface area contributed by atoms with Crippen molar-refractivity contribution in [3.05, 3.63) is 87.8 Å². The monoisotopic (exact) mass is 507 g/mol. The first-order valence-corrected chi connectivity index (χ1v) is 11.8. The number of benzene rings is 3. The van der Waals surface area contributed by atoms with Gasteiger partial charge in [-0.1, -0.05) is 29.3 Å². The third kappa shape index (κ3) is 5.85. The standard InChI is InChI=1S/C26H22ClN3O4S/c1-16-3-6-19(7-4-16)29-24(31)15-34-22-12-5-18(27)13-17(22)14-23-25(32)30(26(28)35-23)20-8-10-21(33-2)11-9-20/h3-14,28H,15H2,1-2H3,(H,29,31)/b23-14-,28-26?. The Kier molecular flexibility index (Phi) is 7.43. The number of amidine groups is 1. The van der Waals surface area contributed by atoms with Crippen LogP contribution in [-0.2, 0) is 9.59 Å². The van der Waals surface area contributed by atoms with E-state index in [9.17, 15) is 9.59 Å². The van der Waals surface area contributed by atoms with Crippen molar-refractivity contribution in [2.24, 2.45) is 0 Å². The highest BCUT2D eigenvalue weighted by Crippen LogP contribution is 2.37. The van der Waals surface area contributed by atoms with E-state index in [4.69, 9.17) is 26.5 Å². The molecule has 3 aromatic carbocycles. The van der Waals surface area contributed by atoms with Crippen LogP contribution in [0.15, 0.2) is 71.6 Å². The van der Waals surface area contributed by atoms with Crippen LogP contribution in [-0.4, -0.2) is 30.7 Å². The Balaban J connectivity index is 1.50. The van der Waals surface area contributed by atoms with Crippen molar-refractivity contribution in [2.45, 2.75) is 6.92 Å². The van der Waals surface area contributed by atoms with Crippen molar-refractivity contribution in [2.75, 3.05) is 23.9 Å². The van der Waals surface area contributed by atoms with Gasteiger partial charge in [-0.2, -0.15) is 0 Å². The number of thioether (sulfide) groups is 1. The summed E-state index contributed by atoms with van der Waals surface area (Å²) in [4.78, 5) is 27.1. The van der Waals surface area contributed by atoms with Gasteiger partial charge in [-0.15, -0.1) is 0 Å². The summed E-state index contributed by atoms with van der Waals surface area (Å²) in [5.41, 5.74) is 2.86. The van der Waals surface area contributed by atoms with E-state index in [-0.39, 0.29) is 23.6 Å². The van der Waals surface area contributed by atoms with E-state index in [2.05, 4.69) is 5.32 Å². The number of methoxy groups -OCH3 is 1. The van der Waals surface area contributed by atoms with Crippen molar-refractivity contribution in [1.82, 2.24) is 0 Å². The molecule has 0 radical (unpaired) electrons. The van der Waals surface area contributed by atoms with Gasteiger partial charge in [0.25, 0.3) is 11.8 Å². The highest BCUT2D eigenvalue weighted by Gasteiger charge is 2.33. The molecule has 1 aliphatic heterocycles. The van der Waals surface area contributed by atoms with Gasteiger partial charge in [-0.25, -0.2) is 0 Å². The number of halogens is 1. The number of amides is 2. The van der Waals surface area contributed by atoms with Crippen LogP contribution < -0.4 is 19.7 Å². The third-order valence-electron chi connectivity index (χ3n) is 5.11. The van der Waals surface area contributed by atoms with Crippen molar-refractivity contribution < 1.29 is 19.1 Å². The maximum atomic E-state index is 13.1. The molecule has 2 N–H and O–H groups in total. The molecule has 0 spiro atoms. The van der Waals surface area contributed by atoms with E-state index < -0.39 is 0 Å². The summed E-state index contributed by atoms with van der Waals surface area (Å²) in [6, 6.07) is 19.3. The van der Waals surface area contributed by atoms with Crippen LogP contribution in [0.2, 0.25) is 5.02 Å². The third-order valence-corrected chi connectivity index (χ3v) is 6.23. The molecule has 1 aliphatic rings. The van der Waals surface area contributed by atoms with Gasteiger partial charge in [0.1, 0.15) is 11.5 Å². The minimum atomic E-state index is -0.340. The van der Waals surface area contributed by atoms with Crippen molar-refractivity contribution in [3.8, 4) is 11.5 Å². The molecule has 1 heterocycles. The zero-order valence-electron chi connectivity index (χ0n) is 19.0. The Hall–Kier alpha value is -3.75. The van der Waals surface area contributed by atoms with Crippen molar-refractivity contribution in [3.63, 3.8) is 0 Å². The number of hydrogen-bond acceptors (Lipinski definition) is 6. The first kappa shape index (κ1) is 24.4. The molecule has 35 heavy (non-hydrogen) atoms. The highest BCUT2D eigenvalue weighted by atomic mass is 35.5. The lowest BCUT2D eigenvalue weighted by Crippen LogP contribution is -2.28. The molecular formula is C26H22ClN3O4S. The second kappa shape index (κ2) is 10.7. The predicted octanol–water partition coefficient (Wildman–Crippen LogP) is 5.73. The minimum absolute atomic E-state index is 0.0772.